The van der Waals surface area contributed by atoms with Crippen molar-refractivity contribution in [1.82, 2.24) is 24.6 Å². The molecule has 3 heterocycles. The van der Waals surface area contributed by atoms with E-state index in [0.29, 0.717) is 26.3 Å². The molecule has 1 saturated heterocycles. The van der Waals surface area contributed by atoms with Gasteiger partial charge in [-0.25, -0.2) is 0 Å². The number of nitrogens with zero attached hydrogens (tertiary/aromatic N) is 5. The molecule has 0 saturated carbocycles. The SMILES string of the molecule is CN(CCn1cccn1)C(=O)[C@@H](c1cccnc1)N1CCOCC1. The van der Waals surface area contributed by atoms with Crippen molar-refractivity contribution in [3.8, 4) is 0 Å². The number of carbonyl (C=O) groups is 1. The number of carbonyl (C=O) groups excluding carboxylic acids is 1. The summed E-state index contributed by atoms with van der Waals surface area (Å²) in [7, 11) is 1.84. The number of rotatable bonds is 6. The van der Waals surface area contributed by atoms with Crippen molar-refractivity contribution in [1.29, 1.82) is 0 Å². The molecule has 3 rings (SSSR count). The molecule has 1 fully saturated rings. The Labute approximate surface area is 141 Å². The van der Waals surface area contributed by atoms with Crippen LogP contribution in [0.25, 0.3) is 0 Å². The van der Waals surface area contributed by atoms with Crippen LogP contribution in [0.15, 0.2) is 43.0 Å². The van der Waals surface area contributed by atoms with Crippen LogP contribution in [0.2, 0.25) is 0 Å². The second-order valence-electron chi connectivity index (χ2n) is 5.87. The largest absolute Gasteiger partial charge is 0.379 e. The molecule has 1 aliphatic heterocycles. The maximum absolute atomic E-state index is 13.1. The zero-order valence-electron chi connectivity index (χ0n) is 13.9. The van der Waals surface area contributed by atoms with Crippen LogP contribution in [-0.2, 0) is 16.1 Å². The third kappa shape index (κ3) is 3.98. The van der Waals surface area contributed by atoms with Crippen LogP contribution in [0.3, 0.4) is 0 Å². The number of aromatic nitrogens is 3. The molecule has 1 aliphatic rings. The third-order valence-electron chi connectivity index (χ3n) is 4.24. The average molecular weight is 329 g/mol. The van der Waals surface area contributed by atoms with Gasteiger partial charge in [0.05, 0.1) is 19.8 Å². The van der Waals surface area contributed by atoms with Gasteiger partial charge in [-0.2, -0.15) is 5.10 Å². The molecule has 128 valence electrons. The van der Waals surface area contributed by atoms with Crippen LogP contribution in [0.5, 0.6) is 0 Å². The van der Waals surface area contributed by atoms with Gasteiger partial charge in [-0.1, -0.05) is 6.07 Å². The first-order valence-corrected chi connectivity index (χ1v) is 8.20. The quantitative estimate of drug-likeness (QED) is 0.785. The van der Waals surface area contributed by atoms with Crippen LogP contribution in [0.1, 0.15) is 11.6 Å². The lowest BCUT2D eigenvalue weighted by molar-refractivity contribution is -0.138. The maximum Gasteiger partial charge on any atom is 0.244 e. The third-order valence-corrected chi connectivity index (χ3v) is 4.24. The van der Waals surface area contributed by atoms with E-state index in [-0.39, 0.29) is 11.9 Å². The van der Waals surface area contributed by atoms with E-state index in [2.05, 4.69) is 15.0 Å². The van der Waals surface area contributed by atoms with Crippen molar-refractivity contribution in [3.63, 3.8) is 0 Å². The van der Waals surface area contributed by atoms with Gasteiger partial charge in [-0.3, -0.25) is 19.4 Å². The van der Waals surface area contributed by atoms with Crippen molar-refractivity contribution in [3.05, 3.63) is 48.5 Å². The Hall–Kier alpha value is -2.25. The lowest BCUT2D eigenvalue weighted by Crippen LogP contribution is -2.46. The first kappa shape index (κ1) is 16.6. The Morgan fingerprint density at radius 3 is 2.83 bits per heavy atom. The van der Waals surface area contributed by atoms with Crippen molar-refractivity contribution in [2.24, 2.45) is 0 Å². The Kier molecular flexibility index (Phi) is 5.55. The van der Waals surface area contributed by atoms with Gasteiger partial charge in [0.1, 0.15) is 6.04 Å². The minimum atomic E-state index is -0.315. The fourth-order valence-electron chi connectivity index (χ4n) is 2.89. The zero-order valence-corrected chi connectivity index (χ0v) is 13.9. The molecule has 0 radical (unpaired) electrons. The minimum Gasteiger partial charge on any atom is -0.379 e. The lowest BCUT2D eigenvalue weighted by Gasteiger charge is -2.35. The van der Waals surface area contributed by atoms with Crippen LogP contribution in [0, 0.1) is 0 Å². The van der Waals surface area contributed by atoms with Crippen molar-refractivity contribution in [2.45, 2.75) is 12.6 Å². The first-order chi connectivity index (χ1) is 11.8. The highest BCUT2D eigenvalue weighted by Gasteiger charge is 2.31. The van der Waals surface area contributed by atoms with E-state index in [0.717, 1.165) is 18.7 Å². The predicted molar refractivity (Wildman–Crippen MR) is 89.2 cm³/mol. The number of morpholine rings is 1. The summed E-state index contributed by atoms with van der Waals surface area (Å²) < 4.78 is 7.26. The van der Waals surface area contributed by atoms with Crippen molar-refractivity contribution >= 4 is 5.91 Å². The van der Waals surface area contributed by atoms with E-state index in [1.54, 1.807) is 23.5 Å². The molecular formula is C17H23N5O2. The fraction of sp³-hybridized carbons (Fsp3) is 0.471. The molecule has 7 heteroatoms. The molecule has 24 heavy (non-hydrogen) atoms. The summed E-state index contributed by atoms with van der Waals surface area (Å²) in [5.41, 5.74) is 0.926. The molecule has 0 aliphatic carbocycles. The first-order valence-electron chi connectivity index (χ1n) is 8.20. The zero-order chi connectivity index (χ0) is 16.8. The Morgan fingerprint density at radius 1 is 1.33 bits per heavy atom. The van der Waals surface area contributed by atoms with Gasteiger partial charge in [0.2, 0.25) is 5.91 Å². The normalized spacial score (nSPS) is 16.7. The molecule has 0 bridgehead atoms. The highest BCUT2D eigenvalue weighted by atomic mass is 16.5. The highest BCUT2D eigenvalue weighted by Crippen LogP contribution is 2.23. The lowest BCUT2D eigenvalue weighted by atomic mass is 10.1. The van der Waals surface area contributed by atoms with Crippen molar-refractivity contribution < 1.29 is 9.53 Å². The number of ether oxygens (including phenoxy) is 1. The molecule has 2 aromatic heterocycles. The summed E-state index contributed by atoms with van der Waals surface area (Å²) >= 11 is 0. The molecule has 7 nitrogen and oxygen atoms in total. The summed E-state index contributed by atoms with van der Waals surface area (Å²) in [5, 5.41) is 4.18. The molecule has 1 amide bonds. The monoisotopic (exact) mass is 329 g/mol. The van der Waals surface area contributed by atoms with Gasteiger partial charge in [-0.05, 0) is 17.7 Å². The van der Waals surface area contributed by atoms with Gasteiger partial charge in [0, 0.05) is 51.5 Å². The summed E-state index contributed by atoms with van der Waals surface area (Å²) in [5.74, 6) is 0.0806. The molecular weight excluding hydrogens is 306 g/mol. The Balaban J connectivity index is 1.72. The fourth-order valence-corrected chi connectivity index (χ4v) is 2.89. The smallest absolute Gasteiger partial charge is 0.244 e. The highest BCUT2D eigenvalue weighted by molar-refractivity contribution is 5.83. The average Bonchev–Trinajstić information content (AvgIpc) is 3.15. The molecule has 0 spiro atoms. The molecule has 0 aromatic carbocycles. The van der Waals surface area contributed by atoms with Gasteiger partial charge in [0.25, 0.3) is 0 Å². The predicted octanol–water partition coefficient (Wildman–Crippen LogP) is 0.810. The van der Waals surface area contributed by atoms with Gasteiger partial charge in [0.15, 0.2) is 0 Å². The maximum atomic E-state index is 13.1. The number of hydrogen-bond acceptors (Lipinski definition) is 5. The molecule has 2 aromatic rings. The number of amides is 1. The second-order valence-corrected chi connectivity index (χ2v) is 5.87. The topological polar surface area (TPSA) is 63.5 Å². The van der Waals surface area contributed by atoms with E-state index < -0.39 is 0 Å². The van der Waals surface area contributed by atoms with Crippen LogP contribution >= 0.6 is 0 Å². The van der Waals surface area contributed by atoms with E-state index in [9.17, 15) is 4.79 Å². The molecule has 0 N–H and O–H groups in total. The standard InChI is InChI=1S/C17H23N5O2/c1-20(8-9-22-7-3-6-19-22)17(23)16(15-4-2-5-18-14-15)21-10-12-24-13-11-21/h2-7,14,16H,8-13H2,1H3/t16-/m1/s1. The number of pyridine rings is 1. The van der Waals surface area contributed by atoms with Gasteiger partial charge in [-0.15, -0.1) is 0 Å². The Bertz CT molecular complexity index is 626. The van der Waals surface area contributed by atoms with E-state index in [4.69, 9.17) is 4.74 Å². The van der Waals surface area contributed by atoms with Crippen LogP contribution in [0.4, 0.5) is 0 Å². The Morgan fingerprint density at radius 2 is 2.17 bits per heavy atom. The number of hydrogen-bond donors (Lipinski definition) is 0. The summed E-state index contributed by atoms with van der Waals surface area (Å²) in [4.78, 5) is 21.2. The van der Waals surface area contributed by atoms with Crippen molar-refractivity contribution in [2.75, 3.05) is 39.9 Å². The molecule has 0 unspecified atom stereocenters. The molecule has 1 atom stereocenters. The van der Waals surface area contributed by atoms with E-state index >= 15 is 0 Å². The van der Waals surface area contributed by atoms with Gasteiger partial charge < -0.3 is 9.64 Å². The minimum absolute atomic E-state index is 0.0806. The van der Waals surface area contributed by atoms with Gasteiger partial charge >= 0.3 is 0 Å². The van der Waals surface area contributed by atoms with Crippen LogP contribution in [-0.4, -0.2) is 70.4 Å². The summed E-state index contributed by atoms with van der Waals surface area (Å²) in [6.07, 6.45) is 7.15. The summed E-state index contributed by atoms with van der Waals surface area (Å²) in [6.45, 7) is 4.10. The second kappa shape index (κ2) is 8.03. The van der Waals surface area contributed by atoms with Crippen LogP contribution < -0.4 is 0 Å². The summed E-state index contributed by atoms with van der Waals surface area (Å²) in [6, 6.07) is 5.41. The number of likely N-dealkylation sites (N-methyl/N-ethyl adjacent to an activating group) is 1. The van der Waals surface area contributed by atoms with E-state index in [1.165, 1.54) is 0 Å². The van der Waals surface area contributed by atoms with E-state index in [1.807, 2.05) is 36.1 Å².